The lowest BCUT2D eigenvalue weighted by molar-refractivity contribution is 0.304. The molecule has 18 heavy (non-hydrogen) atoms. The summed E-state index contributed by atoms with van der Waals surface area (Å²) in [6, 6.07) is 8.21. The third-order valence-electron chi connectivity index (χ3n) is 2.55. The monoisotopic (exact) mass is 282 g/mol. The first-order valence-corrected chi connectivity index (χ1v) is 7.17. The summed E-state index contributed by atoms with van der Waals surface area (Å²) >= 11 is 7.04. The van der Waals surface area contributed by atoms with Crippen LogP contribution in [0.2, 0.25) is 4.47 Å². The summed E-state index contributed by atoms with van der Waals surface area (Å²) < 4.78 is 6.06. The highest BCUT2D eigenvalue weighted by atomic mass is 35.5. The van der Waals surface area contributed by atoms with Gasteiger partial charge in [-0.15, -0.1) is 10.2 Å². The lowest BCUT2D eigenvalue weighted by atomic mass is 10.1. The van der Waals surface area contributed by atoms with Crippen LogP contribution in [-0.2, 0) is 13.0 Å². The zero-order valence-electron chi connectivity index (χ0n) is 10.2. The Hall–Kier alpha value is -1.13. The summed E-state index contributed by atoms with van der Waals surface area (Å²) in [4.78, 5) is 0. The van der Waals surface area contributed by atoms with Gasteiger partial charge in [-0.3, -0.25) is 0 Å². The normalized spacial score (nSPS) is 10.6. The number of hydrogen-bond donors (Lipinski definition) is 0. The molecule has 96 valence electrons. The van der Waals surface area contributed by atoms with Crippen LogP contribution in [0.5, 0.6) is 5.75 Å². The number of ether oxygens (including phenoxy) is 1. The van der Waals surface area contributed by atoms with Gasteiger partial charge in [-0.05, 0) is 42.1 Å². The van der Waals surface area contributed by atoms with E-state index in [9.17, 15) is 0 Å². The van der Waals surface area contributed by atoms with E-state index in [0.29, 0.717) is 11.1 Å². The van der Waals surface area contributed by atoms with E-state index in [2.05, 4.69) is 29.3 Å². The van der Waals surface area contributed by atoms with Crippen LogP contribution in [0.25, 0.3) is 0 Å². The van der Waals surface area contributed by atoms with Crippen LogP contribution >= 0.6 is 22.9 Å². The predicted molar refractivity (Wildman–Crippen MR) is 74.3 cm³/mol. The number of hydrogen-bond acceptors (Lipinski definition) is 4. The minimum Gasteiger partial charge on any atom is -0.486 e. The van der Waals surface area contributed by atoms with E-state index in [0.717, 1.165) is 17.2 Å². The van der Waals surface area contributed by atoms with Crippen molar-refractivity contribution in [2.75, 3.05) is 0 Å². The fraction of sp³-hybridized carbons (Fsp3) is 0.385. The Morgan fingerprint density at radius 1 is 1.22 bits per heavy atom. The minimum absolute atomic E-state index is 0.415. The molecule has 0 aliphatic heterocycles. The highest BCUT2D eigenvalue weighted by Crippen LogP contribution is 2.18. The van der Waals surface area contributed by atoms with Gasteiger partial charge in [0.25, 0.3) is 0 Å². The van der Waals surface area contributed by atoms with E-state index >= 15 is 0 Å². The molecule has 0 atom stereocenters. The number of unbranched alkanes of at least 4 members (excludes halogenated alkanes) is 1. The lowest BCUT2D eigenvalue weighted by Crippen LogP contribution is -1.95. The number of nitrogens with zero attached hydrogens (tertiary/aromatic N) is 2. The Balaban J connectivity index is 1.86. The van der Waals surface area contributed by atoms with Gasteiger partial charge in [0.05, 0.1) is 0 Å². The highest BCUT2D eigenvalue weighted by Gasteiger charge is 2.02. The van der Waals surface area contributed by atoms with Gasteiger partial charge in [0.1, 0.15) is 12.4 Å². The Labute approximate surface area is 116 Å². The van der Waals surface area contributed by atoms with Gasteiger partial charge in [-0.2, -0.15) is 0 Å². The largest absolute Gasteiger partial charge is 0.486 e. The van der Waals surface area contributed by atoms with Crippen molar-refractivity contribution in [2.24, 2.45) is 0 Å². The summed E-state index contributed by atoms with van der Waals surface area (Å²) in [6.07, 6.45) is 3.57. The Bertz CT molecular complexity index is 484. The van der Waals surface area contributed by atoms with Gasteiger partial charge in [-0.1, -0.05) is 36.8 Å². The van der Waals surface area contributed by atoms with Crippen LogP contribution in [0.3, 0.4) is 0 Å². The fourth-order valence-corrected chi connectivity index (χ4v) is 2.35. The second-order valence-corrected chi connectivity index (χ2v) is 5.63. The molecule has 0 aliphatic rings. The van der Waals surface area contributed by atoms with Gasteiger partial charge in [0.15, 0.2) is 5.01 Å². The first-order chi connectivity index (χ1) is 8.78. The van der Waals surface area contributed by atoms with Crippen LogP contribution in [-0.4, -0.2) is 10.2 Å². The van der Waals surface area contributed by atoms with Crippen molar-refractivity contribution in [2.45, 2.75) is 32.8 Å². The number of rotatable bonds is 6. The zero-order valence-corrected chi connectivity index (χ0v) is 11.8. The fourth-order valence-electron chi connectivity index (χ4n) is 1.57. The molecule has 0 N–H and O–H groups in total. The summed E-state index contributed by atoms with van der Waals surface area (Å²) in [5.74, 6) is 0.849. The van der Waals surface area contributed by atoms with Crippen molar-refractivity contribution in [3.8, 4) is 5.75 Å². The molecule has 0 bridgehead atoms. The van der Waals surface area contributed by atoms with E-state index in [1.807, 2.05) is 12.1 Å². The molecule has 0 amide bonds. The molecule has 0 saturated carbocycles. The molecule has 5 heteroatoms. The third kappa shape index (κ3) is 3.96. The molecular weight excluding hydrogens is 268 g/mol. The van der Waals surface area contributed by atoms with Crippen molar-refractivity contribution in [1.82, 2.24) is 10.2 Å². The molecule has 3 nitrogen and oxygen atoms in total. The van der Waals surface area contributed by atoms with Crippen LogP contribution in [0.15, 0.2) is 24.3 Å². The van der Waals surface area contributed by atoms with Gasteiger partial charge >= 0.3 is 0 Å². The van der Waals surface area contributed by atoms with Crippen molar-refractivity contribution in [3.05, 3.63) is 39.3 Å². The molecule has 0 aliphatic carbocycles. The molecule has 0 radical (unpaired) electrons. The van der Waals surface area contributed by atoms with Crippen molar-refractivity contribution in [1.29, 1.82) is 0 Å². The first kappa shape index (κ1) is 13.3. The maximum absolute atomic E-state index is 5.70. The lowest BCUT2D eigenvalue weighted by Gasteiger charge is -2.05. The Morgan fingerprint density at radius 3 is 2.61 bits per heavy atom. The van der Waals surface area contributed by atoms with Crippen LogP contribution in [0, 0.1) is 0 Å². The standard InChI is InChI=1S/C13H15ClN2OS/c1-2-3-4-10-5-7-11(8-6-10)17-9-12-15-16-13(14)18-12/h5-8H,2-4,9H2,1H3. The maximum Gasteiger partial charge on any atom is 0.207 e. The second-order valence-electron chi connectivity index (χ2n) is 3.98. The van der Waals surface area contributed by atoms with E-state index in [4.69, 9.17) is 16.3 Å². The summed E-state index contributed by atoms with van der Waals surface area (Å²) in [7, 11) is 0. The molecule has 0 saturated heterocycles. The summed E-state index contributed by atoms with van der Waals surface area (Å²) in [5, 5.41) is 8.42. The van der Waals surface area contributed by atoms with Gasteiger partial charge < -0.3 is 4.74 Å². The molecule has 0 unspecified atom stereocenters. The average Bonchev–Trinajstić information content (AvgIpc) is 2.81. The molecule has 1 aromatic carbocycles. The van der Waals surface area contributed by atoms with E-state index in [-0.39, 0.29) is 0 Å². The van der Waals surface area contributed by atoms with Gasteiger partial charge in [-0.25, -0.2) is 0 Å². The Morgan fingerprint density at radius 2 is 2.00 bits per heavy atom. The average molecular weight is 283 g/mol. The molecule has 0 spiro atoms. The van der Waals surface area contributed by atoms with Crippen LogP contribution < -0.4 is 4.74 Å². The number of benzene rings is 1. The van der Waals surface area contributed by atoms with E-state index in [1.165, 1.54) is 29.7 Å². The number of aryl methyl sites for hydroxylation is 1. The van der Waals surface area contributed by atoms with Crippen molar-refractivity contribution < 1.29 is 4.74 Å². The van der Waals surface area contributed by atoms with Crippen LogP contribution in [0.4, 0.5) is 0 Å². The van der Waals surface area contributed by atoms with Crippen molar-refractivity contribution in [3.63, 3.8) is 0 Å². The molecule has 2 aromatic rings. The first-order valence-electron chi connectivity index (χ1n) is 5.97. The number of halogens is 1. The third-order valence-corrected chi connectivity index (χ3v) is 3.54. The molecule has 1 heterocycles. The van der Waals surface area contributed by atoms with E-state index < -0.39 is 0 Å². The smallest absolute Gasteiger partial charge is 0.207 e. The summed E-state index contributed by atoms with van der Waals surface area (Å²) in [6.45, 7) is 2.61. The maximum atomic E-state index is 5.70. The van der Waals surface area contributed by atoms with Crippen molar-refractivity contribution >= 4 is 22.9 Å². The SMILES string of the molecule is CCCCc1ccc(OCc2nnc(Cl)s2)cc1. The van der Waals surface area contributed by atoms with Crippen LogP contribution in [0.1, 0.15) is 30.3 Å². The zero-order chi connectivity index (χ0) is 12.8. The highest BCUT2D eigenvalue weighted by molar-refractivity contribution is 7.15. The molecule has 2 rings (SSSR count). The Kier molecular flexibility index (Phi) is 4.96. The summed E-state index contributed by atoms with van der Waals surface area (Å²) in [5.41, 5.74) is 1.35. The molecular formula is C13H15ClN2OS. The molecule has 1 aromatic heterocycles. The van der Waals surface area contributed by atoms with Gasteiger partial charge in [0.2, 0.25) is 4.47 Å². The number of aromatic nitrogens is 2. The van der Waals surface area contributed by atoms with Gasteiger partial charge in [0, 0.05) is 0 Å². The molecule has 0 fully saturated rings. The topological polar surface area (TPSA) is 35.0 Å². The quantitative estimate of drug-likeness (QED) is 0.800. The van der Waals surface area contributed by atoms with E-state index in [1.54, 1.807) is 0 Å². The second kappa shape index (κ2) is 6.71. The predicted octanol–water partition coefficient (Wildman–Crippen LogP) is 4.11. The minimum atomic E-state index is 0.415.